The van der Waals surface area contributed by atoms with Gasteiger partial charge in [0.25, 0.3) is 5.56 Å². The zero-order chi connectivity index (χ0) is 10.1. The van der Waals surface area contributed by atoms with E-state index in [4.69, 9.17) is 0 Å². The van der Waals surface area contributed by atoms with Gasteiger partial charge < -0.3 is 0 Å². The van der Waals surface area contributed by atoms with Crippen LogP contribution >= 0.6 is 0 Å². The standard InChI is InChI=1S/C9H11N3O2/c1-6(13)8-9(14)12-5-3-2-4-7(12)10-11-8/h2-5H2,1H3. The van der Waals surface area contributed by atoms with Gasteiger partial charge in [-0.25, -0.2) is 0 Å². The van der Waals surface area contributed by atoms with Crippen molar-refractivity contribution in [2.45, 2.75) is 32.7 Å². The number of Topliss-reactive ketones (excluding diaryl/α,β-unsaturated/α-hetero) is 1. The normalized spacial score (nSPS) is 14.9. The molecule has 0 N–H and O–H groups in total. The number of rotatable bonds is 1. The highest BCUT2D eigenvalue weighted by molar-refractivity contribution is 5.91. The Morgan fingerprint density at radius 3 is 2.86 bits per heavy atom. The highest BCUT2D eigenvalue weighted by atomic mass is 16.1. The van der Waals surface area contributed by atoms with Gasteiger partial charge in [0.1, 0.15) is 5.82 Å². The first-order valence-electron chi connectivity index (χ1n) is 4.67. The molecule has 0 radical (unpaired) electrons. The number of aryl methyl sites for hydroxylation is 1. The van der Waals surface area contributed by atoms with Crippen molar-refractivity contribution >= 4 is 5.78 Å². The second-order valence-electron chi connectivity index (χ2n) is 3.43. The van der Waals surface area contributed by atoms with Crippen molar-refractivity contribution in [1.82, 2.24) is 14.8 Å². The molecule has 0 atom stereocenters. The van der Waals surface area contributed by atoms with Gasteiger partial charge in [0.05, 0.1) is 0 Å². The number of hydrogen-bond acceptors (Lipinski definition) is 4. The van der Waals surface area contributed by atoms with Crippen molar-refractivity contribution in [3.8, 4) is 0 Å². The van der Waals surface area contributed by atoms with Crippen LogP contribution in [0.15, 0.2) is 4.79 Å². The van der Waals surface area contributed by atoms with Gasteiger partial charge in [0.2, 0.25) is 0 Å². The van der Waals surface area contributed by atoms with Crippen molar-refractivity contribution in [2.24, 2.45) is 0 Å². The maximum Gasteiger partial charge on any atom is 0.283 e. The number of nitrogens with zero attached hydrogens (tertiary/aromatic N) is 3. The first-order chi connectivity index (χ1) is 6.70. The molecule has 0 amide bonds. The third kappa shape index (κ3) is 1.34. The van der Waals surface area contributed by atoms with Crippen molar-refractivity contribution in [3.63, 3.8) is 0 Å². The summed E-state index contributed by atoms with van der Waals surface area (Å²) in [4.78, 5) is 22.7. The quantitative estimate of drug-likeness (QED) is 0.597. The van der Waals surface area contributed by atoms with Gasteiger partial charge >= 0.3 is 0 Å². The van der Waals surface area contributed by atoms with Gasteiger partial charge in [-0.2, -0.15) is 0 Å². The Kier molecular flexibility index (Phi) is 2.15. The van der Waals surface area contributed by atoms with Crippen LogP contribution in [0.2, 0.25) is 0 Å². The zero-order valence-electron chi connectivity index (χ0n) is 7.99. The van der Waals surface area contributed by atoms with E-state index in [2.05, 4.69) is 10.2 Å². The fourth-order valence-electron chi connectivity index (χ4n) is 1.64. The molecule has 2 rings (SSSR count). The second kappa shape index (κ2) is 3.32. The largest absolute Gasteiger partial charge is 0.293 e. The smallest absolute Gasteiger partial charge is 0.283 e. The SMILES string of the molecule is CC(=O)c1nnc2n(c1=O)CCCC2. The number of carbonyl (C=O) groups excluding carboxylic acids is 1. The van der Waals surface area contributed by atoms with Crippen LogP contribution in [-0.4, -0.2) is 20.5 Å². The van der Waals surface area contributed by atoms with E-state index >= 15 is 0 Å². The van der Waals surface area contributed by atoms with E-state index < -0.39 is 0 Å². The molecule has 5 nitrogen and oxygen atoms in total. The number of hydrogen-bond donors (Lipinski definition) is 0. The van der Waals surface area contributed by atoms with Crippen molar-refractivity contribution in [3.05, 3.63) is 21.9 Å². The van der Waals surface area contributed by atoms with Crippen molar-refractivity contribution in [1.29, 1.82) is 0 Å². The maximum atomic E-state index is 11.7. The van der Waals surface area contributed by atoms with Gasteiger partial charge in [-0.1, -0.05) is 0 Å². The van der Waals surface area contributed by atoms with Gasteiger partial charge in [-0.15, -0.1) is 10.2 Å². The van der Waals surface area contributed by atoms with E-state index in [9.17, 15) is 9.59 Å². The summed E-state index contributed by atoms with van der Waals surface area (Å²) in [7, 11) is 0. The molecular formula is C9H11N3O2. The first kappa shape index (κ1) is 9.05. The van der Waals surface area contributed by atoms with Crippen LogP contribution in [0.1, 0.15) is 36.1 Å². The minimum absolute atomic E-state index is 0.0457. The van der Waals surface area contributed by atoms with Crippen molar-refractivity contribution < 1.29 is 4.79 Å². The molecule has 5 heteroatoms. The topological polar surface area (TPSA) is 64.8 Å². The van der Waals surface area contributed by atoms with Gasteiger partial charge in [0.15, 0.2) is 11.5 Å². The van der Waals surface area contributed by atoms with E-state index in [0.29, 0.717) is 12.4 Å². The Bertz CT molecular complexity index is 436. The van der Waals surface area contributed by atoms with Gasteiger partial charge in [-0.05, 0) is 12.8 Å². The summed E-state index contributed by atoms with van der Waals surface area (Å²) in [6, 6.07) is 0. The van der Waals surface area contributed by atoms with Crippen LogP contribution in [0.5, 0.6) is 0 Å². The lowest BCUT2D eigenvalue weighted by Gasteiger charge is -2.15. The highest BCUT2D eigenvalue weighted by Gasteiger charge is 2.17. The zero-order valence-corrected chi connectivity index (χ0v) is 7.99. The number of fused-ring (bicyclic) bond motifs is 1. The average Bonchev–Trinajstić information content (AvgIpc) is 2.18. The molecule has 1 aliphatic rings. The van der Waals surface area contributed by atoms with Crippen LogP contribution in [0, 0.1) is 0 Å². The molecule has 0 saturated heterocycles. The highest BCUT2D eigenvalue weighted by Crippen LogP contribution is 2.08. The fraction of sp³-hybridized carbons (Fsp3) is 0.556. The third-order valence-electron chi connectivity index (χ3n) is 2.39. The van der Waals surface area contributed by atoms with E-state index in [1.807, 2.05) is 0 Å². The lowest BCUT2D eigenvalue weighted by Crippen LogP contribution is -2.33. The number of carbonyl (C=O) groups is 1. The molecule has 0 aromatic carbocycles. The summed E-state index contributed by atoms with van der Waals surface area (Å²) < 4.78 is 1.56. The summed E-state index contributed by atoms with van der Waals surface area (Å²) in [6.07, 6.45) is 2.78. The molecule has 0 fully saturated rings. The first-order valence-corrected chi connectivity index (χ1v) is 4.67. The summed E-state index contributed by atoms with van der Waals surface area (Å²) in [5.74, 6) is 0.384. The molecule has 2 heterocycles. The predicted molar refractivity (Wildman–Crippen MR) is 49.2 cm³/mol. The fourth-order valence-corrected chi connectivity index (χ4v) is 1.64. The molecule has 1 aliphatic heterocycles. The van der Waals surface area contributed by atoms with E-state index in [-0.39, 0.29) is 17.0 Å². The Hall–Kier alpha value is -1.52. The van der Waals surface area contributed by atoms with Crippen LogP contribution in [0.4, 0.5) is 0 Å². The Morgan fingerprint density at radius 2 is 2.14 bits per heavy atom. The molecular weight excluding hydrogens is 182 g/mol. The lowest BCUT2D eigenvalue weighted by atomic mass is 10.1. The Morgan fingerprint density at radius 1 is 1.36 bits per heavy atom. The molecule has 0 aliphatic carbocycles. The van der Waals surface area contributed by atoms with E-state index in [0.717, 1.165) is 19.3 Å². The molecule has 0 spiro atoms. The maximum absolute atomic E-state index is 11.7. The van der Waals surface area contributed by atoms with Gasteiger partial charge in [-0.3, -0.25) is 14.2 Å². The second-order valence-corrected chi connectivity index (χ2v) is 3.43. The van der Waals surface area contributed by atoms with Crippen molar-refractivity contribution in [2.75, 3.05) is 0 Å². The van der Waals surface area contributed by atoms with E-state index in [1.54, 1.807) is 4.57 Å². The minimum Gasteiger partial charge on any atom is -0.293 e. The molecule has 74 valence electrons. The molecule has 1 aromatic rings. The van der Waals surface area contributed by atoms with Crippen LogP contribution < -0.4 is 5.56 Å². The molecule has 0 bridgehead atoms. The number of aromatic nitrogens is 3. The molecule has 0 unspecified atom stereocenters. The van der Waals surface area contributed by atoms with Gasteiger partial charge in [0, 0.05) is 19.9 Å². The lowest BCUT2D eigenvalue weighted by molar-refractivity contribution is 0.100. The third-order valence-corrected chi connectivity index (χ3v) is 2.39. The average molecular weight is 193 g/mol. The summed E-state index contributed by atoms with van der Waals surface area (Å²) in [6.45, 7) is 1.99. The summed E-state index contributed by atoms with van der Waals surface area (Å²) in [5.41, 5.74) is -0.335. The monoisotopic (exact) mass is 193 g/mol. The van der Waals surface area contributed by atoms with Crippen LogP contribution in [-0.2, 0) is 13.0 Å². The van der Waals surface area contributed by atoms with Crippen LogP contribution in [0.25, 0.3) is 0 Å². The Balaban J connectivity index is 2.60. The molecule has 14 heavy (non-hydrogen) atoms. The predicted octanol–water partition coefficient (Wildman–Crippen LogP) is 0.177. The van der Waals surface area contributed by atoms with Crippen LogP contribution in [0.3, 0.4) is 0 Å². The van der Waals surface area contributed by atoms with E-state index in [1.165, 1.54) is 6.92 Å². The summed E-state index contributed by atoms with van der Waals surface area (Å²) in [5, 5.41) is 7.55. The minimum atomic E-state index is -0.316. The number of ketones is 1. The molecule has 0 saturated carbocycles. The molecule has 1 aromatic heterocycles. The summed E-state index contributed by atoms with van der Waals surface area (Å²) >= 11 is 0. The Labute approximate surface area is 80.8 Å².